The smallest absolute Gasteiger partial charge is 0.191 e. The Kier molecular flexibility index (Phi) is 7.01. The lowest BCUT2D eigenvalue weighted by atomic mass is 10.1. The number of rotatable bonds is 10. The van der Waals surface area contributed by atoms with Gasteiger partial charge in [-0.1, -0.05) is 18.2 Å². The lowest BCUT2D eigenvalue weighted by Crippen LogP contribution is -2.38. The molecular formula is C19H28N6O. The maximum Gasteiger partial charge on any atom is 0.191 e. The molecule has 0 radical (unpaired) electrons. The summed E-state index contributed by atoms with van der Waals surface area (Å²) in [6.07, 6.45) is 5.18. The maximum atomic E-state index is 5.66. The van der Waals surface area contributed by atoms with Gasteiger partial charge < -0.3 is 15.4 Å². The number of benzene rings is 1. The van der Waals surface area contributed by atoms with Crippen molar-refractivity contribution in [1.82, 2.24) is 25.8 Å². The first-order valence-electron chi connectivity index (χ1n) is 9.39. The van der Waals surface area contributed by atoms with Crippen molar-refractivity contribution in [2.45, 2.75) is 32.7 Å². The van der Waals surface area contributed by atoms with Gasteiger partial charge in [0.2, 0.25) is 0 Å². The van der Waals surface area contributed by atoms with Crippen molar-refractivity contribution in [3.05, 3.63) is 36.2 Å². The largest absolute Gasteiger partial charge is 0.381 e. The Morgan fingerprint density at radius 1 is 1.35 bits per heavy atom. The minimum Gasteiger partial charge on any atom is -0.381 e. The summed E-state index contributed by atoms with van der Waals surface area (Å²) >= 11 is 0. The molecule has 7 nitrogen and oxygen atoms in total. The summed E-state index contributed by atoms with van der Waals surface area (Å²) < 4.78 is 5.66. The van der Waals surface area contributed by atoms with Crippen molar-refractivity contribution in [2.75, 3.05) is 26.3 Å². The van der Waals surface area contributed by atoms with Crippen molar-refractivity contribution in [3.8, 4) is 11.4 Å². The third-order valence-electron chi connectivity index (χ3n) is 4.19. The molecule has 0 bridgehead atoms. The van der Waals surface area contributed by atoms with E-state index in [1.54, 1.807) is 0 Å². The third kappa shape index (κ3) is 6.15. The van der Waals surface area contributed by atoms with E-state index in [-0.39, 0.29) is 0 Å². The van der Waals surface area contributed by atoms with Gasteiger partial charge in [0.15, 0.2) is 11.8 Å². The molecule has 140 valence electrons. The Morgan fingerprint density at radius 2 is 2.27 bits per heavy atom. The van der Waals surface area contributed by atoms with Crippen LogP contribution in [0.25, 0.3) is 11.4 Å². The van der Waals surface area contributed by atoms with Crippen LogP contribution in [-0.4, -0.2) is 47.4 Å². The van der Waals surface area contributed by atoms with Crippen LogP contribution in [0.2, 0.25) is 0 Å². The van der Waals surface area contributed by atoms with Gasteiger partial charge in [-0.05, 0) is 43.7 Å². The maximum absolute atomic E-state index is 5.66. The van der Waals surface area contributed by atoms with E-state index in [1.807, 2.05) is 12.1 Å². The summed E-state index contributed by atoms with van der Waals surface area (Å²) in [5, 5.41) is 13.4. The van der Waals surface area contributed by atoms with Gasteiger partial charge in [0.25, 0.3) is 0 Å². The first-order chi connectivity index (χ1) is 12.8. The van der Waals surface area contributed by atoms with Crippen LogP contribution in [0.4, 0.5) is 0 Å². The second-order valence-electron chi connectivity index (χ2n) is 6.53. The number of H-pyrrole nitrogens is 1. The highest BCUT2D eigenvalue weighted by Gasteiger charge is 2.20. The quantitative estimate of drug-likeness (QED) is 0.345. The number of aromatic nitrogens is 3. The van der Waals surface area contributed by atoms with Gasteiger partial charge in [-0.2, -0.15) is 5.10 Å². The van der Waals surface area contributed by atoms with Gasteiger partial charge in [0.05, 0.1) is 6.54 Å². The zero-order valence-corrected chi connectivity index (χ0v) is 15.4. The molecule has 26 heavy (non-hydrogen) atoms. The van der Waals surface area contributed by atoms with Crippen LogP contribution in [0.15, 0.2) is 35.6 Å². The van der Waals surface area contributed by atoms with Crippen LogP contribution in [0.3, 0.4) is 0 Å². The fourth-order valence-corrected chi connectivity index (χ4v) is 2.59. The summed E-state index contributed by atoms with van der Waals surface area (Å²) in [6.45, 7) is 6.10. The molecule has 0 atom stereocenters. The number of aromatic amines is 1. The summed E-state index contributed by atoms with van der Waals surface area (Å²) in [7, 11) is 0. The van der Waals surface area contributed by atoms with E-state index in [9.17, 15) is 0 Å². The van der Waals surface area contributed by atoms with Crippen LogP contribution in [0.5, 0.6) is 0 Å². The topological polar surface area (TPSA) is 87.2 Å². The minimum absolute atomic E-state index is 0.607. The van der Waals surface area contributed by atoms with Gasteiger partial charge in [0.1, 0.15) is 6.33 Å². The van der Waals surface area contributed by atoms with Crippen LogP contribution in [-0.2, 0) is 11.3 Å². The molecule has 1 aromatic carbocycles. The van der Waals surface area contributed by atoms with E-state index >= 15 is 0 Å². The van der Waals surface area contributed by atoms with Crippen LogP contribution in [0, 0.1) is 5.92 Å². The number of ether oxygens (including phenoxy) is 1. The predicted octanol–water partition coefficient (Wildman–Crippen LogP) is 2.34. The fraction of sp³-hybridized carbons (Fsp3) is 0.526. The molecule has 0 unspecified atom stereocenters. The van der Waals surface area contributed by atoms with E-state index in [0.717, 1.165) is 61.6 Å². The molecule has 7 heteroatoms. The standard InChI is InChI=1S/C19H28N6O/c1-2-20-19(21-9-4-10-26-13-15-7-8-15)22-12-16-5-3-6-17(11-16)18-23-14-24-25-18/h3,5-6,11,14-15H,2,4,7-10,12-13H2,1H3,(H2,20,21,22)(H,23,24,25). The van der Waals surface area contributed by atoms with E-state index in [0.29, 0.717) is 6.54 Å². The molecule has 1 heterocycles. The highest BCUT2D eigenvalue weighted by atomic mass is 16.5. The molecule has 0 aliphatic heterocycles. The molecule has 1 aliphatic rings. The highest BCUT2D eigenvalue weighted by Crippen LogP contribution is 2.28. The van der Waals surface area contributed by atoms with Crippen LogP contribution >= 0.6 is 0 Å². The average molecular weight is 356 g/mol. The third-order valence-corrected chi connectivity index (χ3v) is 4.19. The van der Waals surface area contributed by atoms with Gasteiger partial charge in [-0.15, -0.1) is 0 Å². The molecule has 0 amide bonds. The van der Waals surface area contributed by atoms with Crippen molar-refractivity contribution < 1.29 is 4.74 Å². The number of aliphatic imine (C=N–C) groups is 1. The molecule has 2 aromatic rings. The average Bonchev–Trinajstić information content (AvgIpc) is 3.32. The Balaban J connectivity index is 1.46. The van der Waals surface area contributed by atoms with E-state index in [4.69, 9.17) is 4.74 Å². The van der Waals surface area contributed by atoms with Gasteiger partial charge in [-0.25, -0.2) is 9.98 Å². The highest BCUT2D eigenvalue weighted by molar-refractivity contribution is 5.79. The van der Waals surface area contributed by atoms with E-state index < -0.39 is 0 Å². The molecule has 3 rings (SSSR count). The Hall–Kier alpha value is -2.41. The van der Waals surface area contributed by atoms with Crippen LogP contribution < -0.4 is 10.6 Å². The molecule has 0 spiro atoms. The number of guanidine groups is 1. The summed E-state index contributed by atoms with van der Waals surface area (Å²) in [4.78, 5) is 8.86. The molecular weight excluding hydrogens is 328 g/mol. The number of nitrogens with one attached hydrogen (secondary N) is 3. The summed E-state index contributed by atoms with van der Waals surface area (Å²) in [5.41, 5.74) is 2.14. The van der Waals surface area contributed by atoms with Crippen LogP contribution in [0.1, 0.15) is 31.7 Å². The predicted molar refractivity (Wildman–Crippen MR) is 103 cm³/mol. The monoisotopic (exact) mass is 356 g/mol. The lowest BCUT2D eigenvalue weighted by Gasteiger charge is -2.11. The first-order valence-corrected chi connectivity index (χ1v) is 9.39. The lowest BCUT2D eigenvalue weighted by molar-refractivity contribution is 0.123. The first kappa shape index (κ1) is 18.4. The number of hydrogen-bond acceptors (Lipinski definition) is 4. The second kappa shape index (κ2) is 9.91. The Bertz CT molecular complexity index is 681. The molecule has 1 aliphatic carbocycles. The minimum atomic E-state index is 0.607. The fourth-order valence-electron chi connectivity index (χ4n) is 2.59. The van der Waals surface area contributed by atoms with E-state index in [1.165, 1.54) is 19.2 Å². The van der Waals surface area contributed by atoms with Crippen molar-refractivity contribution in [1.29, 1.82) is 0 Å². The Labute approximate surface area is 154 Å². The van der Waals surface area contributed by atoms with Gasteiger partial charge in [-0.3, -0.25) is 5.10 Å². The van der Waals surface area contributed by atoms with Gasteiger partial charge >= 0.3 is 0 Å². The molecule has 1 saturated carbocycles. The van der Waals surface area contributed by atoms with Crippen molar-refractivity contribution in [2.24, 2.45) is 10.9 Å². The number of nitrogens with zero attached hydrogens (tertiary/aromatic N) is 3. The molecule has 1 aromatic heterocycles. The SMILES string of the molecule is CCNC(=NCc1cccc(-c2ncn[nH]2)c1)NCCCOCC1CC1. The molecule has 1 fully saturated rings. The molecule has 3 N–H and O–H groups in total. The van der Waals surface area contributed by atoms with E-state index in [2.05, 4.69) is 49.9 Å². The zero-order valence-electron chi connectivity index (χ0n) is 15.4. The molecule has 0 saturated heterocycles. The summed E-state index contributed by atoms with van der Waals surface area (Å²) in [5.74, 6) is 2.43. The second-order valence-corrected chi connectivity index (χ2v) is 6.53. The normalized spacial score (nSPS) is 14.4. The zero-order chi connectivity index (χ0) is 18.0. The number of hydrogen-bond donors (Lipinski definition) is 3. The van der Waals surface area contributed by atoms with Crippen molar-refractivity contribution >= 4 is 5.96 Å². The van der Waals surface area contributed by atoms with Gasteiger partial charge in [0, 0.05) is 31.9 Å². The van der Waals surface area contributed by atoms with Crippen molar-refractivity contribution in [3.63, 3.8) is 0 Å². The summed E-state index contributed by atoms with van der Waals surface area (Å²) in [6, 6.07) is 8.18. The Morgan fingerprint density at radius 3 is 3.04 bits per heavy atom.